The molecular formula is C21H22F3N3O2. The molecule has 29 heavy (non-hydrogen) atoms. The van der Waals surface area contributed by atoms with Crippen LogP contribution in [0.15, 0.2) is 42.5 Å². The number of halogens is 3. The van der Waals surface area contributed by atoms with Crippen molar-refractivity contribution in [3.63, 3.8) is 0 Å². The molecule has 2 aromatic carbocycles. The molecule has 1 aliphatic rings. The largest absolute Gasteiger partial charge is 0.449 e. The second kappa shape index (κ2) is 7.35. The van der Waals surface area contributed by atoms with E-state index >= 15 is 0 Å². The predicted molar refractivity (Wildman–Crippen MR) is 104 cm³/mol. The summed E-state index contributed by atoms with van der Waals surface area (Å²) < 4.78 is 47.7. The normalized spacial score (nSPS) is 18.1. The predicted octanol–water partition coefficient (Wildman–Crippen LogP) is 4.17. The van der Waals surface area contributed by atoms with Crippen LogP contribution in [0.4, 0.5) is 18.9 Å². The highest BCUT2D eigenvalue weighted by molar-refractivity contribution is 5.86. The van der Waals surface area contributed by atoms with Crippen molar-refractivity contribution in [1.29, 1.82) is 0 Å². The third kappa shape index (κ3) is 3.47. The Balaban J connectivity index is 1.90. The fourth-order valence-electron chi connectivity index (χ4n) is 4.05. The second-order valence-electron chi connectivity index (χ2n) is 7.29. The lowest BCUT2D eigenvalue weighted by molar-refractivity contribution is -0.146. The zero-order chi connectivity index (χ0) is 20.8. The van der Waals surface area contributed by atoms with Gasteiger partial charge in [0.15, 0.2) is 0 Å². The number of aryl methyl sites for hydroxylation is 1. The molecular weight excluding hydrogens is 383 g/mol. The van der Waals surface area contributed by atoms with E-state index < -0.39 is 18.4 Å². The lowest BCUT2D eigenvalue weighted by Gasteiger charge is -2.39. The van der Waals surface area contributed by atoms with Crippen LogP contribution >= 0.6 is 0 Å². The fraction of sp³-hybridized carbons (Fsp3) is 0.381. The highest BCUT2D eigenvalue weighted by Crippen LogP contribution is 2.39. The van der Waals surface area contributed by atoms with Gasteiger partial charge in [0.25, 0.3) is 0 Å². The number of hydrogen-bond donors (Lipinski definition) is 1. The van der Waals surface area contributed by atoms with Gasteiger partial charge in [-0.3, -0.25) is 0 Å². The third-order valence-corrected chi connectivity index (χ3v) is 5.45. The molecule has 5 nitrogen and oxygen atoms in total. The molecule has 1 aliphatic heterocycles. The summed E-state index contributed by atoms with van der Waals surface area (Å²) in [5.41, 5.74) is 2.88. The van der Waals surface area contributed by atoms with Crippen LogP contribution in [0.1, 0.15) is 30.3 Å². The molecule has 154 valence electrons. The van der Waals surface area contributed by atoms with E-state index in [1.807, 2.05) is 13.0 Å². The topological polar surface area (TPSA) is 50.5 Å². The molecule has 2 heterocycles. The van der Waals surface area contributed by atoms with Crippen molar-refractivity contribution in [2.75, 3.05) is 12.0 Å². The number of fused-ring (bicyclic) bond motifs is 3. The Labute approximate surface area is 166 Å². The first kappa shape index (κ1) is 19.7. The number of aromatic nitrogens is 2. The van der Waals surface area contributed by atoms with Gasteiger partial charge in [-0.1, -0.05) is 30.3 Å². The number of aliphatic hydroxyl groups is 1. The van der Waals surface area contributed by atoms with Gasteiger partial charge < -0.3 is 19.3 Å². The maximum atomic E-state index is 13.8. The molecule has 2 atom stereocenters. The number of aliphatic hydroxyl groups excluding tert-OH is 1. The Morgan fingerprint density at radius 1 is 1.21 bits per heavy atom. The van der Waals surface area contributed by atoms with E-state index in [0.29, 0.717) is 35.1 Å². The van der Waals surface area contributed by atoms with Crippen molar-refractivity contribution < 1.29 is 23.0 Å². The molecule has 1 aromatic heterocycles. The Morgan fingerprint density at radius 3 is 2.59 bits per heavy atom. The Kier molecular flexibility index (Phi) is 5.00. The van der Waals surface area contributed by atoms with Crippen molar-refractivity contribution in [2.24, 2.45) is 0 Å². The van der Waals surface area contributed by atoms with Gasteiger partial charge in [0, 0.05) is 30.9 Å². The summed E-state index contributed by atoms with van der Waals surface area (Å²) in [6, 6.07) is 12.4. The average Bonchev–Trinajstić information content (AvgIpc) is 3.07. The van der Waals surface area contributed by atoms with E-state index in [-0.39, 0.29) is 12.6 Å². The Bertz CT molecular complexity index is 1020. The summed E-state index contributed by atoms with van der Waals surface area (Å²) in [4.78, 5) is 5.71. The van der Waals surface area contributed by atoms with Crippen LogP contribution < -0.4 is 4.90 Å². The first-order valence-electron chi connectivity index (χ1n) is 9.43. The minimum Gasteiger partial charge on any atom is -0.351 e. The van der Waals surface area contributed by atoms with Crippen molar-refractivity contribution >= 4 is 16.7 Å². The SMILES string of the molecule is COC(O)N1c2ccc3c(nc(C(F)(F)F)n3Cc3ccccc3)c2CC[C@@H]1C. The molecule has 0 bridgehead atoms. The number of hydrogen-bond acceptors (Lipinski definition) is 4. The average molecular weight is 405 g/mol. The number of alkyl halides is 3. The van der Waals surface area contributed by atoms with Gasteiger partial charge in [-0.25, -0.2) is 4.98 Å². The molecule has 0 saturated heterocycles. The highest BCUT2D eigenvalue weighted by Gasteiger charge is 2.39. The molecule has 0 radical (unpaired) electrons. The fourth-order valence-corrected chi connectivity index (χ4v) is 4.05. The minimum absolute atomic E-state index is 0.0107. The van der Waals surface area contributed by atoms with Crippen molar-refractivity contribution in [3.8, 4) is 0 Å². The van der Waals surface area contributed by atoms with Gasteiger partial charge in [0.1, 0.15) is 0 Å². The van der Waals surface area contributed by atoms with Crippen molar-refractivity contribution in [3.05, 3.63) is 59.4 Å². The zero-order valence-electron chi connectivity index (χ0n) is 16.1. The molecule has 3 aromatic rings. The standard InChI is InChI=1S/C21H22F3N3O2/c1-13-8-9-15-16(27(13)20(28)29-2)10-11-17-18(15)25-19(21(22,23)24)26(17)12-14-6-4-3-5-7-14/h3-7,10-11,13,20,28H,8-9,12H2,1-2H3/t13-,20?/m0/s1. The van der Waals surface area contributed by atoms with Crippen LogP contribution in [0.3, 0.4) is 0 Å². The summed E-state index contributed by atoms with van der Waals surface area (Å²) >= 11 is 0. The van der Waals surface area contributed by atoms with Crippen molar-refractivity contribution in [2.45, 2.75) is 44.9 Å². The minimum atomic E-state index is -4.58. The third-order valence-electron chi connectivity index (χ3n) is 5.45. The number of benzene rings is 2. The summed E-state index contributed by atoms with van der Waals surface area (Å²) in [5, 5.41) is 10.3. The summed E-state index contributed by atoms with van der Waals surface area (Å²) in [6.07, 6.45) is -4.48. The van der Waals surface area contributed by atoms with E-state index in [9.17, 15) is 18.3 Å². The van der Waals surface area contributed by atoms with Crippen LogP contribution in [-0.4, -0.2) is 34.2 Å². The molecule has 0 spiro atoms. The molecule has 1 unspecified atom stereocenters. The van der Waals surface area contributed by atoms with Crippen molar-refractivity contribution in [1.82, 2.24) is 9.55 Å². The monoisotopic (exact) mass is 405 g/mol. The van der Waals surface area contributed by atoms with E-state index in [1.54, 1.807) is 41.3 Å². The van der Waals surface area contributed by atoms with Gasteiger partial charge in [0.05, 0.1) is 11.0 Å². The van der Waals surface area contributed by atoms with Gasteiger partial charge >= 0.3 is 6.18 Å². The number of imidazole rings is 1. The maximum absolute atomic E-state index is 13.8. The summed E-state index contributed by atoms with van der Waals surface area (Å²) in [6.45, 7) is 2.02. The number of methoxy groups -OCH3 is 1. The number of anilines is 1. The molecule has 8 heteroatoms. The smallest absolute Gasteiger partial charge is 0.351 e. The second-order valence-corrected chi connectivity index (χ2v) is 7.29. The van der Waals surface area contributed by atoms with E-state index in [1.165, 1.54) is 11.7 Å². The lowest BCUT2D eigenvalue weighted by atomic mass is 9.95. The first-order valence-corrected chi connectivity index (χ1v) is 9.43. The quantitative estimate of drug-likeness (QED) is 0.662. The molecule has 0 saturated carbocycles. The number of rotatable bonds is 4. The van der Waals surface area contributed by atoms with Gasteiger partial charge in [0.2, 0.25) is 12.2 Å². The van der Waals surface area contributed by atoms with E-state index in [0.717, 1.165) is 5.56 Å². The van der Waals surface area contributed by atoms with E-state index in [2.05, 4.69) is 4.98 Å². The van der Waals surface area contributed by atoms with Crippen LogP contribution in [0, 0.1) is 0 Å². The lowest BCUT2D eigenvalue weighted by Crippen LogP contribution is -2.45. The van der Waals surface area contributed by atoms with Crippen LogP contribution in [-0.2, 0) is 23.9 Å². The molecule has 4 rings (SSSR count). The molecule has 1 N–H and O–H groups in total. The number of nitrogens with zero attached hydrogens (tertiary/aromatic N) is 3. The van der Waals surface area contributed by atoms with Gasteiger partial charge in [-0.05, 0) is 37.5 Å². The van der Waals surface area contributed by atoms with E-state index in [4.69, 9.17) is 4.74 Å². The number of ether oxygens (including phenoxy) is 1. The molecule has 0 amide bonds. The molecule has 0 fully saturated rings. The van der Waals surface area contributed by atoms with Gasteiger partial charge in [-0.2, -0.15) is 13.2 Å². The zero-order valence-corrected chi connectivity index (χ0v) is 16.1. The Hall–Kier alpha value is -2.58. The van der Waals surface area contributed by atoms with Crippen LogP contribution in [0.25, 0.3) is 11.0 Å². The van der Waals surface area contributed by atoms with Crippen LogP contribution in [0.2, 0.25) is 0 Å². The summed E-state index contributed by atoms with van der Waals surface area (Å²) in [7, 11) is 1.39. The Morgan fingerprint density at radius 2 is 1.93 bits per heavy atom. The highest BCUT2D eigenvalue weighted by atomic mass is 19.4. The molecule has 0 aliphatic carbocycles. The maximum Gasteiger partial charge on any atom is 0.449 e. The summed E-state index contributed by atoms with van der Waals surface area (Å²) in [5.74, 6) is -0.915. The van der Waals surface area contributed by atoms with Gasteiger partial charge in [-0.15, -0.1) is 0 Å². The first-order chi connectivity index (χ1) is 13.8. The van der Waals surface area contributed by atoms with Crippen LogP contribution in [0.5, 0.6) is 0 Å².